The quantitative estimate of drug-likeness (QED) is 0.0222. The largest absolute Gasteiger partial charge is 0.472 e. The number of ether oxygens (including phenoxy) is 4. The standard InChI is InChI=1S/C68H132O17P2/c1-6-9-12-15-18-21-23-24-25-26-27-28-29-30-33-38-44-49-54-68(73)85-64(58-79-66(71)52-47-42-39-34-35-40-45-50-61(4)5)60-83-87(76,77)81-56-62(69)55-80-86(74,75)82-59-63(57-78-65(70)51-46-41-36-31-20-17-14-11-8-3)84-67(72)53-48-43-37-32-22-19-16-13-10-7-2/h61-64,69H,6-60H2,1-5H3,(H,74,75)(H,76,77)/t62-,63+,64+/m0/s1. The normalized spacial score (nSPS) is 14.1. The number of carbonyl (C=O) groups excluding carboxylic acids is 4. The topological polar surface area (TPSA) is 237 Å². The van der Waals surface area contributed by atoms with Gasteiger partial charge in [-0.1, -0.05) is 298 Å². The molecule has 0 aromatic rings. The van der Waals surface area contributed by atoms with E-state index in [9.17, 15) is 43.2 Å². The molecule has 0 spiro atoms. The summed E-state index contributed by atoms with van der Waals surface area (Å²) in [4.78, 5) is 72.3. The van der Waals surface area contributed by atoms with Gasteiger partial charge in [-0.25, -0.2) is 9.13 Å². The van der Waals surface area contributed by atoms with E-state index in [1.54, 1.807) is 0 Å². The smallest absolute Gasteiger partial charge is 0.462 e. The van der Waals surface area contributed by atoms with E-state index in [-0.39, 0.29) is 25.7 Å². The van der Waals surface area contributed by atoms with Crippen LogP contribution in [0, 0.1) is 5.92 Å². The zero-order valence-electron chi connectivity index (χ0n) is 56.2. The van der Waals surface area contributed by atoms with E-state index in [1.807, 2.05) is 0 Å². The van der Waals surface area contributed by atoms with E-state index < -0.39 is 97.5 Å². The van der Waals surface area contributed by atoms with Gasteiger partial charge in [0.1, 0.15) is 19.3 Å². The molecule has 0 aliphatic rings. The lowest BCUT2D eigenvalue weighted by Gasteiger charge is -2.21. The zero-order chi connectivity index (χ0) is 64.2. The van der Waals surface area contributed by atoms with Crippen molar-refractivity contribution >= 4 is 39.5 Å². The van der Waals surface area contributed by atoms with Crippen LogP contribution in [0.3, 0.4) is 0 Å². The minimum Gasteiger partial charge on any atom is -0.462 e. The lowest BCUT2D eigenvalue weighted by atomic mass is 10.0. The van der Waals surface area contributed by atoms with Gasteiger partial charge in [0.2, 0.25) is 0 Å². The first-order chi connectivity index (χ1) is 42.0. The first-order valence-electron chi connectivity index (χ1n) is 35.6. The van der Waals surface area contributed by atoms with Crippen molar-refractivity contribution in [1.29, 1.82) is 0 Å². The second-order valence-corrected chi connectivity index (χ2v) is 27.9. The third-order valence-corrected chi connectivity index (χ3v) is 17.7. The van der Waals surface area contributed by atoms with Crippen molar-refractivity contribution in [2.24, 2.45) is 5.92 Å². The van der Waals surface area contributed by atoms with Crippen molar-refractivity contribution in [3.63, 3.8) is 0 Å². The molecule has 0 bridgehead atoms. The molecule has 87 heavy (non-hydrogen) atoms. The highest BCUT2D eigenvalue weighted by Crippen LogP contribution is 2.45. The zero-order valence-corrected chi connectivity index (χ0v) is 57.9. The van der Waals surface area contributed by atoms with Gasteiger partial charge in [0, 0.05) is 25.7 Å². The molecule has 0 saturated heterocycles. The number of rotatable bonds is 68. The third-order valence-electron chi connectivity index (χ3n) is 15.8. The van der Waals surface area contributed by atoms with E-state index in [0.717, 1.165) is 96.3 Å². The summed E-state index contributed by atoms with van der Waals surface area (Å²) in [6.45, 7) is 7.15. The maximum Gasteiger partial charge on any atom is 0.472 e. The molecule has 3 N–H and O–H groups in total. The van der Waals surface area contributed by atoms with Gasteiger partial charge in [0.25, 0.3) is 0 Å². The Balaban J connectivity index is 5.18. The molecule has 17 nitrogen and oxygen atoms in total. The Morgan fingerprint density at radius 1 is 0.310 bits per heavy atom. The molecule has 0 aromatic carbocycles. The molecule has 0 aromatic heterocycles. The van der Waals surface area contributed by atoms with Crippen molar-refractivity contribution in [3.8, 4) is 0 Å². The second kappa shape index (κ2) is 61.6. The first kappa shape index (κ1) is 85.1. The average Bonchev–Trinajstić information content (AvgIpc) is 3.56. The molecule has 0 fully saturated rings. The molecule has 5 atom stereocenters. The number of phosphoric acid groups is 2. The third kappa shape index (κ3) is 62.6. The van der Waals surface area contributed by atoms with Crippen LogP contribution in [-0.4, -0.2) is 96.7 Å². The van der Waals surface area contributed by atoms with Crippen molar-refractivity contribution in [1.82, 2.24) is 0 Å². The van der Waals surface area contributed by atoms with Crippen molar-refractivity contribution in [2.45, 2.75) is 368 Å². The van der Waals surface area contributed by atoms with Crippen LogP contribution >= 0.6 is 15.6 Å². The number of aliphatic hydroxyl groups is 1. The average molecular weight is 1280 g/mol. The minimum absolute atomic E-state index is 0.106. The molecule has 0 aliphatic heterocycles. The molecule has 0 radical (unpaired) electrons. The molecule has 0 heterocycles. The van der Waals surface area contributed by atoms with Gasteiger partial charge in [0.05, 0.1) is 26.4 Å². The van der Waals surface area contributed by atoms with Crippen LogP contribution in [0.2, 0.25) is 0 Å². The van der Waals surface area contributed by atoms with Gasteiger partial charge in [-0.15, -0.1) is 0 Å². The summed E-state index contributed by atoms with van der Waals surface area (Å²) in [6, 6.07) is 0. The van der Waals surface area contributed by atoms with Crippen LogP contribution in [0.4, 0.5) is 0 Å². The Morgan fingerprint density at radius 2 is 0.529 bits per heavy atom. The molecule has 19 heteroatoms. The molecule has 516 valence electrons. The van der Waals surface area contributed by atoms with Crippen LogP contribution in [0.1, 0.15) is 349 Å². The predicted molar refractivity (Wildman–Crippen MR) is 349 cm³/mol. The van der Waals surface area contributed by atoms with Gasteiger partial charge in [-0.05, 0) is 31.6 Å². The van der Waals surface area contributed by atoms with Crippen LogP contribution < -0.4 is 0 Å². The van der Waals surface area contributed by atoms with Crippen LogP contribution in [0.5, 0.6) is 0 Å². The van der Waals surface area contributed by atoms with Crippen molar-refractivity contribution < 1.29 is 80.2 Å². The summed E-state index contributed by atoms with van der Waals surface area (Å²) in [6.07, 6.45) is 47.3. The van der Waals surface area contributed by atoms with Gasteiger partial charge >= 0.3 is 39.5 Å². The van der Waals surface area contributed by atoms with E-state index in [4.69, 9.17) is 37.0 Å². The Labute approximate surface area is 530 Å². The van der Waals surface area contributed by atoms with E-state index in [2.05, 4.69) is 34.6 Å². The number of esters is 4. The van der Waals surface area contributed by atoms with Crippen molar-refractivity contribution in [3.05, 3.63) is 0 Å². The van der Waals surface area contributed by atoms with E-state index in [0.29, 0.717) is 31.6 Å². The van der Waals surface area contributed by atoms with Gasteiger partial charge < -0.3 is 33.8 Å². The van der Waals surface area contributed by atoms with Crippen molar-refractivity contribution in [2.75, 3.05) is 39.6 Å². The molecule has 0 rings (SSSR count). The summed E-state index contributed by atoms with van der Waals surface area (Å²) in [5, 5.41) is 10.6. The predicted octanol–water partition coefficient (Wildman–Crippen LogP) is 19.4. The highest BCUT2D eigenvalue weighted by atomic mass is 31.2. The Hall–Kier alpha value is -1.94. The molecular formula is C68H132O17P2. The monoisotopic (exact) mass is 1280 g/mol. The van der Waals surface area contributed by atoms with E-state index >= 15 is 0 Å². The first-order valence-corrected chi connectivity index (χ1v) is 38.6. The second-order valence-electron chi connectivity index (χ2n) is 25.0. The Kier molecular flexibility index (Phi) is 60.2. The van der Waals surface area contributed by atoms with Gasteiger partial charge in [-0.3, -0.25) is 37.3 Å². The summed E-state index contributed by atoms with van der Waals surface area (Å²) >= 11 is 0. The highest BCUT2D eigenvalue weighted by molar-refractivity contribution is 7.47. The number of phosphoric ester groups is 2. The summed E-state index contributed by atoms with van der Waals surface area (Å²) in [5.74, 6) is -1.42. The van der Waals surface area contributed by atoms with Crippen LogP contribution in [0.25, 0.3) is 0 Å². The number of unbranched alkanes of at least 4 members (excludes halogenated alkanes) is 40. The fourth-order valence-corrected chi connectivity index (χ4v) is 11.9. The number of aliphatic hydroxyl groups excluding tert-OH is 1. The lowest BCUT2D eigenvalue weighted by molar-refractivity contribution is -0.161. The summed E-state index contributed by atoms with van der Waals surface area (Å²) in [5.41, 5.74) is 0. The number of carbonyl (C=O) groups is 4. The molecule has 0 amide bonds. The highest BCUT2D eigenvalue weighted by Gasteiger charge is 2.30. The minimum atomic E-state index is -4.95. The molecule has 0 aliphatic carbocycles. The SMILES string of the molecule is CCCCCCCCCCCCCCCCCCCCC(=O)O[C@H](COC(=O)CCCCCCCCCC(C)C)COP(=O)(O)OC[C@@H](O)COP(=O)(O)OC[C@@H](COC(=O)CCCCCCCCCCC)OC(=O)CCCCCCCCCCCC. The van der Waals surface area contributed by atoms with Gasteiger partial charge in [-0.2, -0.15) is 0 Å². The summed E-state index contributed by atoms with van der Waals surface area (Å²) < 4.78 is 68.1. The fourth-order valence-electron chi connectivity index (χ4n) is 10.3. The Bertz CT molecular complexity index is 1690. The van der Waals surface area contributed by atoms with Gasteiger partial charge in [0.15, 0.2) is 12.2 Å². The Morgan fingerprint density at radius 3 is 0.782 bits per heavy atom. The molecule has 0 saturated carbocycles. The molecular weight excluding hydrogens is 1150 g/mol. The fraction of sp³-hybridized carbons (Fsp3) is 0.941. The van der Waals surface area contributed by atoms with E-state index in [1.165, 1.54) is 167 Å². The summed E-state index contributed by atoms with van der Waals surface area (Å²) in [7, 11) is -9.89. The molecule has 2 unspecified atom stereocenters. The van der Waals surface area contributed by atoms with Crippen LogP contribution in [0.15, 0.2) is 0 Å². The lowest BCUT2D eigenvalue weighted by Crippen LogP contribution is -2.30. The number of hydrogen-bond donors (Lipinski definition) is 3. The maximum absolute atomic E-state index is 13.0. The maximum atomic E-state index is 13.0. The number of hydrogen-bond acceptors (Lipinski definition) is 15. The van der Waals surface area contributed by atoms with Crippen LogP contribution in [-0.2, 0) is 65.4 Å².